The zero-order valence-electron chi connectivity index (χ0n) is 19.2. The van der Waals surface area contributed by atoms with Crippen LogP contribution in [0.3, 0.4) is 0 Å². The van der Waals surface area contributed by atoms with Crippen molar-refractivity contribution in [3.8, 4) is 5.75 Å². The number of amides is 1. The molecule has 1 N–H and O–H groups in total. The molecule has 6 heteroatoms. The number of hydrogen-bond donors (Lipinski definition) is 1. The third kappa shape index (κ3) is 4.46. The number of benzene rings is 2. The summed E-state index contributed by atoms with van der Waals surface area (Å²) in [6.07, 6.45) is 5.36. The topological polar surface area (TPSA) is 53.9 Å². The highest BCUT2D eigenvalue weighted by molar-refractivity contribution is 8.18. The lowest BCUT2D eigenvalue weighted by Crippen LogP contribution is -2.45. The average Bonchev–Trinajstić information content (AvgIpc) is 3.10. The summed E-state index contributed by atoms with van der Waals surface area (Å²) in [5.41, 5.74) is 5.51. The third-order valence-electron chi connectivity index (χ3n) is 5.70. The molecule has 0 aliphatic carbocycles. The lowest BCUT2D eigenvalue weighted by Gasteiger charge is -2.43. The molecule has 0 saturated carbocycles. The lowest BCUT2D eigenvalue weighted by molar-refractivity contribution is -0.115. The number of allylic oxidation sites excluding steroid dienone is 1. The minimum Gasteiger partial charge on any atom is -0.497 e. The summed E-state index contributed by atoms with van der Waals surface area (Å²) in [4.78, 5) is 20.2. The Hall–Kier alpha value is -2.99. The minimum absolute atomic E-state index is 0.0128. The van der Waals surface area contributed by atoms with E-state index in [9.17, 15) is 4.79 Å². The molecule has 0 atom stereocenters. The van der Waals surface area contributed by atoms with Crippen LogP contribution in [-0.2, 0) is 4.79 Å². The number of thioether (sulfide) groups is 1. The molecule has 0 bridgehead atoms. The number of nitrogens with zero attached hydrogens (tertiary/aromatic N) is 2. The molecule has 5 nitrogen and oxygen atoms in total. The predicted molar refractivity (Wildman–Crippen MR) is 136 cm³/mol. The zero-order chi connectivity index (χ0) is 22.9. The van der Waals surface area contributed by atoms with Crippen LogP contribution >= 0.6 is 11.8 Å². The van der Waals surface area contributed by atoms with Gasteiger partial charge < -0.3 is 15.0 Å². The number of carbonyl (C=O) groups is 1. The van der Waals surface area contributed by atoms with Gasteiger partial charge in [-0.25, -0.2) is 4.99 Å². The number of rotatable bonds is 5. The standard InChI is InChI=1S/C26H29N3O2S/c1-6-13-29-22-12-7-18(14-21(22)17(2)16-26(29,3)4)15-23-24(30)28-25(32-23)27-19-8-10-20(31-5)11-9-19/h7-12,14-16H,6,13H2,1-5H3,(H,27,28,30)/b23-15+. The minimum atomic E-state index is -0.124. The van der Waals surface area contributed by atoms with Crippen molar-refractivity contribution in [1.29, 1.82) is 0 Å². The predicted octanol–water partition coefficient (Wildman–Crippen LogP) is 6.00. The highest BCUT2D eigenvalue weighted by Crippen LogP contribution is 2.40. The van der Waals surface area contributed by atoms with Gasteiger partial charge in [0.15, 0.2) is 5.17 Å². The van der Waals surface area contributed by atoms with E-state index in [2.05, 4.69) is 67.2 Å². The Balaban J connectivity index is 1.60. The second-order valence-electron chi connectivity index (χ2n) is 8.59. The van der Waals surface area contributed by atoms with Crippen molar-refractivity contribution in [3.63, 3.8) is 0 Å². The molecule has 0 spiro atoms. The number of nitrogens with one attached hydrogen (secondary N) is 1. The van der Waals surface area contributed by atoms with Crippen molar-refractivity contribution >= 4 is 45.9 Å². The van der Waals surface area contributed by atoms with Gasteiger partial charge in [-0.2, -0.15) is 0 Å². The van der Waals surface area contributed by atoms with Crippen molar-refractivity contribution < 1.29 is 9.53 Å². The van der Waals surface area contributed by atoms with E-state index in [0.717, 1.165) is 30.0 Å². The molecular formula is C26H29N3O2S. The number of amidine groups is 1. The first-order valence-electron chi connectivity index (χ1n) is 10.9. The summed E-state index contributed by atoms with van der Waals surface area (Å²) in [6, 6.07) is 13.9. The van der Waals surface area contributed by atoms with E-state index in [1.165, 1.54) is 28.6 Å². The van der Waals surface area contributed by atoms with Crippen LogP contribution in [0.15, 0.2) is 58.4 Å². The number of ether oxygens (including phenoxy) is 1. The van der Waals surface area contributed by atoms with Crippen LogP contribution in [0.5, 0.6) is 5.75 Å². The first kappa shape index (κ1) is 22.2. The van der Waals surface area contributed by atoms with E-state index in [1.54, 1.807) is 7.11 Å². The van der Waals surface area contributed by atoms with Gasteiger partial charge in [-0.15, -0.1) is 0 Å². The van der Waals surface area contributed by atoms with E-state index in [0.29, 0.717) is 10.1 Å². The van der Waals surface area contributed by atoms with Crippen LogP contribution < -0.4 is 15.0 Å². The Kier molecular flexibility index (Phi) is 6.15. The summed E-state index contributed by atoms with van der Waals surface area (Å²) >= 11 is 1.36. The molecule has 1 saturated heterocycles. The zero-order valence-corrected chi connectivity index (χ0v) is 20.0. The molecule has 2 aromatic rings. The molecule has 166 valence electrons. The van der Waals surface area contributed by atoms with Gasteiger partial charge in [0.25, 0.3) is 5.91 Å². The van der Waals surface area contributed by atoms with Crippen LogP contribution in [0.4, 0.5) is 11.4 Å². The number of aliphatic imine (C=N–C) groups is 1. The van der Waals surface area contributed by atoms with E-state index in [4.69, 9.17) is 4.74 Å². The van der Waals surface area contributed by atoms with Crippen LogP contribution in [0.2, 0.25) is 0 Å². The largest absolute Gasteiger partial charge is 0.497 e. The number of fused-ring (bicyclic) bond motifs is 1. The summed E-state index contributed by atoms with van der Waals surface area (Å²) in [5, 5.41) is 3.44. The second-order valence-corrected chi connectivity index (χ2v) is 9.62. The normalized spacial score (nSPS) is 19.7. The van der Waals surface area contributed by atoms with Gasteiger partial charge in [0.1, 0.15) is 5.75 Å². The molecule has 4 rings (SSSR count). The van der Waals surface area contributed by atoms with E-state index in [-0.39, 0.29) is 11.4 Å². The number of methoxy groups -OCH3 is 1. The van der Waals surface area contributed by atoms with Crippen LogP contribution in [0, 0.1) is 0 Å². The van der Waals surface area contributed by atoms with E-state index >= 15 is 0 Å². The van der Waals surface area contributed by atoms with Crippen molar-refractivity contribution in [3.05, 3.63) is 64.6 Å². The second kappa shape index (κ2) is 8.87. The molecule has 1 amide bonds. The van der Waals surface area contributed by atoms with Crippen molar-refractivity contribution in [2.45, 2.75) is 39.7 Å². The first-order valence-corrected chi connectivity index (χ1v) is 11.7. The van der Waals surface area contributed by atoms with Gasteiger partial charge in [-0.1, -0.05) is 19.1 Å². The summed E-state index contributed by atoms with van der Waals surface area (Å²) in [5.74, 6) is 0.649. The van der Waals surface area contributed by atoms with Crippen molar-refractivity contribution in [2.24, 2.45) is 4.99 Å². The van der Waals surface area contributed by atoms with Crippen molar-refractivity contribution in [2.75, 3.05) is 18.6 Å². The van der Waals surface area contributed by atoms with Gasteiger partial charge in [-0.3, -0.25) is 4.79 Å². The Labute approximate surface area is 194 Å². The number of anilines is 1. The molecule has 0 unspecified atom stereocenters. The van der Waals surface area contributed by atoms with E-state index < -0.39 is 0 Å². The van der Waals surface area contributed by atoms with Crippen LogP contribution in [0.1, 0.15) is 45.2 Å². The molecule has 2 aromatic carbocycles. The smallest absolute Gasteiger partial charge is 0.264 e. The van der Waals surface area contributed by atoms with Gasteiger partial charge in [0.05, 0.1) is 23.2 Å². The Morgan fingerprint density at radius 1 is 1.19 bits per heavy atom. The Bertz CT molecular complexity index is 1130. The van der Waals surface area contributed by atoms with Crippen LogP contribution in [-0.4, -0.2) is 30.3 Å². The summed E-state index contributed by atoms with van der Waals surface area (Å²) in [7, 11) is 1.63. The Morgan fingerprint density at radius 2 is 1.94 bits per heavy atom. The van der Waals surface area contributed by atoms with Crippen LogP contribution in [0.25, 0.3) is 11.6 Å². The maximum Gasteiger partial charge on any atom is 0.264 e. The fourth-order valence-electron chi connectivity index (χ4n) is 4.23. The Morgan fingerprint density at radius 3 is 2.62 bits per heavy atom. The molecule has 0 aromatic heterocycles. The number of carbonyl (C=O) groups excluding carboxylic acids is 1. The maximum atomic E-state index is 12.5. The molecule has 2 aliphatic rings. The fourth-order valence-corrected chi connectivity index (χ4v) is 5.07. The third-order valence-corrected chi connectivity index (χ3v) is 6.61. The molecule has 0 radical (unpaired) electrons. The number of hydrogen-bond acceptors (Lipinski definition) is 5. The van der Waals surface area contributed by atoms with Gasteiger partial charge in [0, 0.05) is 17.8 Å². The summed E-state index contributed by atoms with van der Waals surface area (Å²) < 4.78 is 5.18. The highest BCUT2D eigenvalue weighted by atomic mass is 32.2. The maximum absolute atomic E-state index is 12.5. The molecular weight excluding hydrogens is 418 g/mol. The lowest BCUT2D eigenvalue weighted by atomic mass is 9.88. The van der Waals surface area contributed by atoms with Crippen molar-refractivity contribution in [1.82, 2.24) is 5.32 Å². The first-order chi connectivity index (χ1) is 15.3. The monoisotopic (exact) mass is 447 g/mol. The SMILES string of the molecule is CCCN1c2ccc(/C=C3/SC(=Nc4ccc(OC)cc4)NC3=O)cc2C(C)=CC1(C)C. The van der Waals surface area contributed by atoms with Gasteiger partial charge in [0.2, 0.25) is 0 Å². The molecule has 32 heavy (non-hydrogen) atoms. The van der Waals surface area contributed by atoms with Gasteiger partial charge >= 0.3 is 0 Å². The van der Waals surface area contributed by atoms with Gasteiger partial charge in [-0.05, 0) is 92.6 Å². The highest BCUT2D eigenvalue weighted by Gasteiger charge is 2.31. The summed E-state index contributed by atoms with van der Waals surface area (Å²) in [6.45, 7) is 9.90. The average molecular weight is 448 g/mol. The quantitative estimate of drug-likeness (QED) is 0.571. The van der Waals surface area contributed by atoms with E-state index in [1.807, 2.05) is 30.3 Å². The molecule has 1 fully saturated rings. The fraction of sp³-hybridized carbons (Fsp3) is 0.308. The molecule has 2 aliphatic heterocycles. The molecule has 2 heterocycles.